The summed E-state index contributed by atoms with van der Waals surface area (Å²) in [7, 11) is 0. The van der Waals surface area contributed by atoms with Crippen LogP contribution in [0.15, 0.2) is 0 Å². The summed E-state index contributed by atoms with van der Waals surface area (Å²) in [4.78, 5) is 0. The van der Waals surface area contributed by atoms with E-state index in [9.17, 15) is 0 Å². The highest BCUT2D eigenvalue weighted by Crippen LogP contribution is 2.72. The molecule has 0 N–H and O–H groups in total. The summed E-state index contributed by atoms with van der Waals surface area (Å²) in [6.45, 7) is 7.16. The van der Waals surface area contributed by atoms with Crippen molar-refractivity contribution in [2.75, 3.05) is 0 Å². The van der Waals surface area contributed by atoms with E-state index in [-0.39, 0.29) is 0 Å². The highest BCUT2D eigenvalue weighted by atomic mass is 14.7. The van der Waals surface area contributed by atoms with E-state index in [1.807, 2.05) is 0 Å². The molecule has 2 aliphatic rings. The van der Waals surface area contributed by atoms with Crippen molar-refractivity contribution >= 4 is 0 Å². The van der Waals surface area contributed by atoms with Gasteiger partial charge in [-0.05, 0) is 42.4 Å². The number of hydrogen-bond acceptors (Lipinski definition) is 0. The smallest absolute Gasteiger partial charge is 0.0233 e. The highest BCUT2D eigenvalue weighted by molar-refractivity contribution is 5.13. The number of rotatable bonds is 4. The zero-order valence-corrected chi connectivity index (χ0v) is 9.47. The molecule has 2 fully saturated rings. The minimum absolute atomic E-state index is 0.878. The van der Waals surface area contributed by atoms with Crippen molar-refractivity contribution in [3.8, 4) is 0 Å². The van der Waals surface area contributed by atoms with Crippen molar-refractivity contribution in [2.24, 2.45) is 23.2 Å². The van der Waals surface area contributed by atoms with Gasteiger partial charge in [0.15, 0.2) is 0 Å². The summed E-state index contributed by atoms with van der Waals surface area (Å²) >= 11 is 0. The second kappa shape index (κ2) is 3.29. The Bertz CT molecular complexity index is 184. The Morgan fingerprint density at radius 3 is 2.46 bits per heavy atom. The normalized spacial score (nSPS) is 47.8. The van der Waals surface area contributed by atoms with Crippen LogP contribution < -0.4 is 0 Å². The molecule has 4 unspecified atom stereocenters. The largest absolute Gasteiger partial charge is 0.0654 e. The van der Waals surface area contributed by atoms with Crippen LogP contribution in [0.4, 0.5) is 0 Å². The fourth-order valence-electron chi connectivity index (χ4n) is 3.95. The summed E-state index contributed by atoms with van der Waals surface area (Å²) < 4.78 is 0. The highest BCUT2D eigenvalue weighted by Gasteiger charge is 2.64. The first-order chi connectivity index (χ1) is 6.24. The lowest BCUT2D eigenvalue weighted by atomic mass is 9.59. The van der Waals surface area contributed by atoms with Crippen LogP contribution in [0.1, 0.15) is 59.3 Å². The maximum Gasteiger partial charge on any atom is -0.0233 e. The lowest BCUT2D eigenvalue weighted by Gasteiger charge is -2.45. The molecule has 0 saturated heterocycles. The lowest BCUT2D eigenvalue weighted by molar-refractivity contribution is 0.0360. The molecule has 0 aromatic rings. The second-order valence-electron chi connectivity index (χ2n) is 5.47. The fourth-order valence-corrected chi connectivity index (χ4v) is 3.95. The van der Waals surface area contributed by atoms with E-state index in [2.05, 4.69) is 20.8 Å². The van der Waals surface area contributed by atoms with Gasteiger partial charge in [0.25, 0.3) is 0 Å². The molecule has 0 nitrogen and oxygen atoms in total. The molecule has 0 aliphatic heterocycles. The molecule has 0 radical (unpaired) electrons. The summed E-state index contributed by atoms with van der Waals surface area (Å²) in [5.41, 5.74) is 0.878. The molecule has 0 bridgehead atoms. The van der Waals surface area contributed by atoms with Crippen molar-refractivity contribution < 1.29 is 0 Å². The van der Waals surface area contributed by atoms with Crippen LogP contribution >= 0.6 is 0 Å². The van der Waals surface area contributed by atoms with E-state index in [0.29, 0.717) is 0 Å². The van der Waals surface area contributed by atoms with Crippen LogP contribution in [-0.2, 0) is 0 Å². The van der Waals surface area contributed by atoms with Gasteiger partial charge < -0.3 is 0 Å². The maximum absolute atomic E-state index is 2.47. The molecule has 4 atom stereocenters. The van der Waals surface area contributed by atoms with Crippen LogP contribution in [-0.4, -0.2) is 0 Å². The zero-order chi connectivity index (χ0) is 9.47. The van der Waals surface area contributed by atoms with Crippen molar-refractivity contribution in [2.45, 2.75) is 59.3 Å². The first-order valence-corrected chi connectivity index (χ1v) is 6.24. The van der Waals surface area contributed by atoms with E-state index < -0.39 is 0 Å². The summed E-state index contributed by atoms with van der Waals surface area (Å²) in [5, 5.41) is 0. The molecule has 2 saturated carbocycles. The Labute approximate surface area is 83.1 Å². The van der Waals surface area contributed by atoms with Gasteiger partial charge in [-0.3, -0.25) is 0 Å². The third-order valence-electron chi connectivity index (χ3n) is 4.77. The minimum Gasteiger partial charge on any atom is -0.0654 e. The molecular formula is C13H24. The van der Waals surface area contributed by atoms with Crippen LogP contribution in [0, 0.1) is 23.2 Å². The maximum atomic E-state index is 2.47. The molecule has 0 heterocycles. The minimum atomic E-state index is 0.878. The van der Waals surface area contributed by atoms with Gasteiger partial charge in [-0.15, -0.1) is 0 Å². The summed E-state index contributed by atoms with van der Waals surface area (Å²) in [6.07, 6.45) is 8.94. The molecule has 76 valence electrons. The second-order valence-corrected chi connectivity index (χ2v) is 5.47. The van der Waals surface area contributed by atoms with Gasteiger partial charge in [-0.25, -0.2) is 0 Å². The first kappa shape index (κ1) is 9.55. The van der Waals surface area contributed by atoms with Crippen molar-refractivity contribution in [3.63, 3.8) is 0 Å². The van der Waals surface area contributed by atoms with Crippen molar-refractivity contribution in [3.05, 3.63) is 0 Å². The molecule has 0 aromatic carbocycles. The quantitative estimate of drug-likeness (QED) is 0.606. The Morgan fingerprint density at radius 1 is 1.23 bits per heavy atom. The SMILES string of the molecule is CCCCC1C(C)CC12CC2CC. The van der Waals surface area contributed by atoms with Gasteiger partial charge in [0.1, 0.15) is 0 Å². The standard InChI is InChI=1S/C13H24/c1-4-6-7-12-10(3)8-13(12)9-11(13)5-2/h10-12H,4-9H2,1-3H3. The van der Waals surface area contributed by atoms with Gasteiger partial charge in [-0.1, -0.05) is 40.0 Å². The predicted octanol–water partition coefficient (Wildman–Crippen LogP) is 4.25. The molecule has 13 heavy (non-hydrogen) atoms. The van der Waals surface area contributed by atoms with E-state index in [1.165, 1.54) is 25.7 Å². The third kappa shape index (κ3) is 1.33. The number of hydrogen-bond donors (Lipinski definition) is 0. The monoisotopic (exact) mass is 180 g/mol. The molecular weight excluding hydrogens is 156 g/mol. The van der Waals surface area contributed by atoms with Crippen molar-refractivity contribution in [1.82, 2.24) is 0 Å². The molecule has 2 aliphatic carbocycles. The Kier molecular flexibility index (Phi) is 2.42. The summed E-state index contributed by atoms with van der Waals surface area (Å²) in [6, 6.07) is 0. The van der Waals surface area contributed by atoms with Crippen LogP contribution in [0.2, 0.25) is 0 Å². The Hall–Kier alpha value is 0. The molecule has 1 spiro atoms. The van der Waals surface area contributed by atoms with Crippen LogP contribution in [0.3, 0.4) is 0 Å². The molecule has 0 aromatic heterocycles. The van der Waals surface area contributed by atoms with E-state index in [0.717, 1.165) is 23.2 Å². The van der Waals surface area contributed by atoms with Crippen LogP contribution in [0.5, 0.6) is 0 Å². The van der Waals surface area contributed by atoms with Crippen molar-refractivity contribution in [1.29, 1.82) is 0 Å². The predicted molar refractivity (Wildman–Crippen MR) is 57.6 cm³/mol. The van der Waals surface area contributed by atoms with Gasteiger partial charge in [0, 0.05) is 0 Å². The summed E-state index contributed by atoms with van der Waals surface area (Å²) in [5.74, 6) is 3.27. The van der Waals surface area contributed by atoms with E-state index in [1.54, 1.807) is 12.8 Å². The Morgan fingerprint density at radius 2 is 2.00 bits per heavy atom. The van der Waals surface area contributed by atoms with Gasteiger partial charge in [-0.2, -0.15) is 0 Å². The molecule has 0 amide bonds. The van der Waals surface area contributed by atoms with E-state index >= 15 is 0 Å². The number of unbranched alkanes of at least 4 members (excludes halogenated alkanes) is 1. The fraction of sp³-hybridized carbons (Fsp3) is 1.00. The van der Waals surface area contributed by atoms with E-state index in [4.69, 9.17) is 0 Å². The average Bonchev–Trinajstić information content (AvgIpc) is 2.82. The Balaban J connectivity index is 1.86. The average molecular weight is 180 g/mol. The van der Waals surface area contributed by atoms with Gasteiger partial charge in [0.05, 0.1) is 0 Å². The third-order valence-corrected chi connectivity index (χ3v) is 4.77. The van der Waals surface area contributed by atoms with Gasteiger partial charge >= 0.3 is 0 Å². The first-order valence-electron chi connectivity index (χ1n) is 6.24. The van der Waals surface area contributed by atoms with Gasteiger partial charge in [0.2, 0.25) is 0 Å². The molecule has 0 heteroatoms. The van der Waals surface area contributed by atoms with Crippen LogP contribution in [0.25, 0.3) is 0 Å². The topological polar surface area (TPSA) is 0 Å². The zero-order valence-electron chi connectivity index (χ0n) is 9.47. The molecule has 2 rings (SSSR count). The lowest BCUT2D eigenvalue weighted by Crippen LogP contribution is -2.38.